The van der Waals surface area contributed by atoms with Crippen LogP contribution in [-0.4, -0.2) is 68.2 Å². The van der Waals surface area contributed by atoms with Gasteiger partial charge in [0.2, 0.25) is 0 Å². The number of methoxy groups -OCH3 is 1. The normalized spacial score (nSPS) is 39.7. The number of hydrogen-bond acceptors (Lipinski definition) is 11. The molecule has 4 rings (SSSR count). The van der Waals surface area contributed by atoms with E-state index in [1.54, 1.807) is 6.92 Å². The van der Waals surface area contributed by atoms with Crippen LogP contribution < -0.4 is 0 Å². The van der Waals surface area contributed by atoms with Gasteiger partial charge in [0, 0.05) is 51.4 Å². The highest BCUT2D eigenvalue weighted by Gasteiger charge is 2.72. The van der Waals surface area contributed by atoms with E-state index >= 15 is 0 Å². The molecule has 11 nitrogen and oxygen atoms in total. The molecule has 0 aromatic heterocycles. The fraction of sp³-hybridized carbons (Fsp3) is 0.846. The first kappa shape index (κ1) is 39.8. The van der Waals surface area contributed by atoms with Crippen LogP contribution in [-0.2, 0) is 52.5 Å². The second kappa shape index (κ2) is 14.6. The van der Waals surface area contributed by atoms with Crippen LogP contribution in [0.15, 0.2) is 0 Å². The summed E-state index contributed by atoms with van der Waals surface area (Å²) in [6, 6.07) is 0. The van der Waals surface area contributed by atoms with E-state index in [-0.39, 0.29) is 83.9 Å². The quantitative estimate of drug-likeness (QED) is 0.180. The van der Waals surface area contributed by atoms with E-state index in [1.807, 2.05) is 0 Å². The third-order valence-corrected chi connectivity index (χ3v) is 14.4. The maximum atomic E-state index is 13.9. The Labute approximate surface area is 297 Å². The average molecular weight is 705 g/mol. The molecule has 0 bridgehead atoms. The molecule has 0 saturated heterocycles. The Balaban J connectivity index is 1.70. The fourth-order valence-electron chi connectivity index (χ4n) is 11.7. The number of ketones is 1. The van der Waals surface area contributed by atoms with Gasteiger partial charge in [-0.25, -0.2) is 0 Å². The Kier molecular flexibility index (Phi) is 11.6. The van der Waals surface area contributed by atoms with Crippen LogP contribution in [0.4, 0.5) is 0 Å². The van der Waals surface area contributed by atoms with Crippen LogP contribution in [0.3, 0.4) is 0 Å². The number of Topliss-reactive ketones (excluding diaryl/α,β-unsaturated/α-hetero) is 1. The van der Waals surface area contributed by atoms with Gasteiger partial charge < -0.3 is 23.7 Å². The number of fused-ring (bicyclic) bond motifs is 5. The number of ether oxygens (including phenoxy) is 5. The lowest BCUT2D eigenvalue weighted by atomic mass is 9.33. The van der Waals surface area contributed by atoms with Gasteiger partial charge in [-0.15, -0.1) is 0 Å². The predicted octanol–water partition coefficient (Wildman–Crippen LogP) is 6.17. The van der Waals surface area contributed by atoms with Crippen LogP contribution in [0, 0.1) is 50.7 Å². The van der Waals surface area contributed by atoms with Gasteiger partial charge in [-0.2, -0.15) is 0 Å². The van der Waals surface area contributed by atoms with E-state index in [0.29, 0.717) is 19.3 Å². The second-order valence-electron chi connectivity index (χ2n) is 16.9. The first-order valence-corrected chi connectivity index (χ1v) is 18.4. The zero-order chi connectivity index (χ0) is 37.4. The molecule has 0 aromatic rings. The van der Waals surface area contributed by atoms with E-state index < -0.39 is 40.8 Å². The molecule has 0 heterocycles. The van der Waals surface area contributed by atoms with Crippen LogP contribution in [0.5, 0.6) is 0 Å². The van der Waals surface area contributed by atoms with E-state index in [2.05, 4.69) is 27.7 Å². The minimum atomic E-state index is -1.20. The average Bonchev–Trinajstić information content (AvgIpc) is 3.03. The molecule has 4 aliphatic rings. The summed E-state index contributed by atoms with van der Waals surface area (Å²) in [6.45, 7) is 16.5. The second-order valence-corrected chi connectivity index (χ2v) is 16.9. The van der Waals surface area contributed by atoms with E-state index in [9.17, 15) is 28.8 Å². The van der Waals surface area contributed by atoms with Gasteiger partial charge in [-0.1, -0.05) is 34.6 Å². The molecular weight excluding hydrogens is 644 g/mol. The van der Waals surface area contributed by atoms with Crippen molar-refractivity contribution in [1.82, 2.24) is 0 Å². The summed E-state index contributed by atoms with van der Waals surface area (Å²) >= 11 is 0. The molecule has 4 fully saturated rings. The maximum Gasteiger partial charge on any atom is 0.315 e. The Bertz CT molecular complexity index is 1360. The highest BCUT2D eigenvalue weighted by Crippen LogP contribution is 2.75. The molecule has 11 heteroatoms. The third kappa shape index (κ3) is 6.83. The molecule has 2 unspecified atom stereocenters. The fourth-order valence-corrected chi connectivity index (χ4v) is 11.7. The summed E-state index contributed by atoms with van der Waals surface area (Å²) in [5.74, 6) is -2.53. The van der Waals surface area contributed by atoms with Crippen molar-refractivity contribution < 1.29 is 52.5 Å². The van der Waals surface area contributed by atoms with Crippen molar-refractivity contribution in [3.8, 4) is 0 Å². The highest BCUT2D eigenvalue weighted by atomic mass is 16.6. The molecule has 0 radical (unpaired) electrons. The van der Waals surface area contributed by atoms with Crippen molar-refractivity contribution in [2.45, 2.75) is 139 Å². The van der Waals surface area contributed by atoms with Crippen molar-refractivity contribution >= 4 is 35.6 Å². The molecule has 0 spiro atoms. The van der Waals surface area contributed by atoms with Gasteiger partial charge >= 0.3 is 29.8 Å². The van der Waals surface area contributed by atoms with Crippen molar-refractivity contribution in [3.05, 3.63) is 0 Å². The maximum absolute atomic E-state index is 13.9. The Morgan fingerprint density at radius 1 is 0.700 bits per heavy atom. The SMILES string of the molecule is COC(=O)[C@@]1(CCC(=O)[C@H](C)COC(C)=O)CC[C@]2(C)[C@H](CCC3[C@@]4(C)CC[C@H](OC(C)=O)[C@@](C)(COC(C)=O)C4CC[C@]32C)[C@H]1OC(C)=O. The highest BCUT2D eigenvalue weighted by molar-refractivity contribution is 5.83. The Hall–Kier alpha value is -2.98. The minimum Gasteiger partial charge on any atom is -0.468 e. The minimum absolute atomic E-state index is 0.0332. The van der Waals surface area contributed by atoms with Crippen molar-refractivity contribution in [2.24, 2.45) is 50.7 Å². The predicted molar refractivity (Wildman–Crippen MR) is 182 cm³/mol. The van der Waals surface area contributed by atoms with E-state index in [1.165, 1.54) is 34.8 Å². The molecule has 50 heavy (non-hydrogen) atoms. The number of rotatable bonds is 11. The lowest BCUT2D eigenvalue weighted by Gasteiger charge is -2.72. The van der Waals surface area contributed by atoms with E-state index in [0.717, 1.165) is 32.1 Å². The Morgan fingerprint density at radius 3 is 1.92 bits per heavy atom. The largest absolute Gasteiger partial charge is 0.468 e. The monoisotopic (exact) mass is 704 g/mol. The molecule has 4 aliphatic carbocycles. The zero-order valence-corrected chi connectivity index (χ0v) is 31.9. The summed E-state index contributed by atoms with van der Waals surface area (Å²) in [7, 11) is 1.34. The van der Waals surface area contributed by atoms with Gasteiger partial charge in [0.05, 0.1) is 7.11 Å². The molecule has 0 N–H and O–H groups in total. The third-order valence-electron chi connectivity index (χ3n) is 14.4. The summed E-state index contributed by atoms with van der Waals surface area (Å²) in [5, 5.41) is 0. The number of carbonyl (C=O) groups is 6. The summed E-state index contributed by atoms with van der Waals surface area (Å²) in [6.07, 6.45) is 4.99. The molecule has 0 amide bonds. The summed E-state index contributed by atoms with van der Waals surface area (Å²) in [5.41, 5.74) is -2.41. The first-order chi connectivity index (χ1) is 23.2. The van der Waals surface area contributed by atoms with Gasteiger partial charge in [-0.05, 0) is 85.9 Å². The summed E-state index contributed by atoms with van der Waals surface area (Å²) < 4.78 is 28.3. The number of hydrogen-bond donors (Lipinski definition) is 0. The van der Waals surface area contributed by atoms with Gasteiger partial charge in [0.25, 0.3) is 0 Å². The van der Waals surface area contributed by atoms with Crippen molar-refractivity contribution in [2.75, 3.05) is 20.3 Å². The smallest absolute Gasteiger partial charge is 0.315 e. The molecule has 11 atom stereocenters. The van der Waals surface area contributed by atoms with Gasteiger partial charge in [-0.3, -0.25) is 28.8 Å². The van der Waals surface area contributed by atoms with Crippen molar-refractivity contribution in [1.29, 1.82) is 0 Å². The van der Waals surface area contributed by atoms with Crippen LogP contribution in [0.2, 0.25) is 0 Å². The molecule has 4 saturated carbocycles. The molecular formula is C39H60O11. The van der Waals surface area contributed by atoms with E-state index in [4.69, 9.17) is 23.7 Å². The van der Waals surface area contributed by atoms with Crippen LogP contribution in [0.25, 0.3) is 0 Å². The summed E-state index contributed by atoms with van der Waals surface area (Å²) in [4.78, 5) is 75.6. The number of carbonyl (C=O) groups excluding carboxylic acids is 6. The van der Waals surface area contributed by atoms with Crippen molar-refractivity contribution in [3.63, 3.8) is 0 Å². The zero-order valence-electron chi connectivity index (χ0n) is 31.9. The van der Waals surface area contributed by atoms with Crippen LogP contribution in [0.1, 0.15) is 127 Å². The standard InChI is InChI=1S/C39H60O11/c1-23(21-47-24(2)40)29(44)13-18-39(34(45)46-10)20-19-37(8)28(33(39)50-27(5)43)11-12-31-35(6)16-15-32(49-26(4)42)36(7,22-48-25(3)41)30(35)14-17-38(31,37)9/h23,28,30-33H,11-22H2,1-10H3/t23-,28-,30?,31?,32+,33-,35+,36+,37-,38-,39+/m1/s1. The lowest BCUT2D eigenvalue weighted by molar-refractivity contribution is -0.267. The van der Waals surface area contributed by atoms with Crippen LogP contribution >= 0.6 is 0 Å². The molecule has 0 aliphatic heterocycles. The topological polar surface area (TPSA) is 149 Å². The van der Waals surface area contributed by atoms with Gasteiger partial charge in [0.15, 0.2) is 0 Å². The molecule has 282 valence electrons. The number of esters is 5. The van der Waals surface area contributed by atoms with Gasteiger partial charge in [0.1, 0.15) is 36.6 Å². The molecule has 0 aromatic carbocycles. The Morgan fingerprint density at radius 2 is 1.34 bits per heavy atom. The lowest BCUT2D eigenvalue weighted by Crippen LogP contribution is -2.69. The first-order valence-electron chi connectivity index (χ1n) is 18.4.